The van der Waals surface area contributed by atoms with Gasteiger partial charge in [-0.3, -0.25) is 18.7 Å². The number of hydrogen-bond acceptors (Lipinski definition) is 7. The molecule has 0 amide bonds. The molecule has 0 fully saturated rings. The summed E-state index contributed by atoms with van der Waals surface area (Å²) in [5.41, 5.74) is -0.487. The van der Waals surface area contributed by atoms with Gasteiger partial charge in [-0.1, -0.05) is 11.8 Å². The lowest BCUT2D eigenvalue weighted by Gasteiger charge is -2.22. The van der Waals surface area contributed by atoms with Gasteiger partial charge in [-0.2, -0.15) is 0 Å². The highest BCUT2D eigenvalue weighted by Gasteiger charge is 2.33. The van der Waals surface area contributed by atoms with E-state index in [0.717, 1.165) is 16.3 Å². The Morgan fingerprint density at radius 3 is 2.37 bits per heavy atom. The number of rotatable bonds is 5. The Hall–Kier alpha value is -3.01. The number of nitrogens with zero attached hydrogens (tertiary/aromatic N) is 4. The smallest absolute Gasteiger partial charge is 0.332 e. The minimum Gasteiger partial charge on any atom is -0.465 e. The molecule has 0 aliphatic rings. The summed E-state index contributed by atoms with van der Waals surface area (Å²) in [7, 11) is 2.86. The third kappa shape index (κ3) is 3.87. The van der Waals surface area contributed by atoms with Crippen molar-refractivity contribution < 1.29 is 13.9 Å². The average Bonchev–Trinajstić information content (AvgIpc) is 2.70. The fourth-order valence-corrected chi connectivity index (χ4v) is 3.86. The predicted molar refractivity (Wildman–Crippen MR) is 112 cm³/mol. The SMILES string of the molecule is CCOC(=O)C(C)(C)Sc1nc(-c2ccc(F)cc2)nc2c1c(=O)n(C)c(=O)n2C. The topological polar surface area (TPSA) is 96.1 Å². The fourth-order valence-electron chi connectivity index (χ4n) is 2.82. The van der Waals surface area contributed by atoms with E-state index in [1.165, 1.54) is 42.9 Å². The number of aryl methyl sites for hydroxylation is 1. The Balaban J connectivity index is 2.33. The third-order valence-corrected chi connectivity index (χ3v) is 5.65. The first kappa shape index (κ1) is 21.7. The van der Waals surface area contributed by atoms with Crippen LogP contribution in [-0.4, -0.2) is 36.4 Å². The highest BCUT2D eigenvalue weighted by atomic mass is 32.2. The van der Waals surface area contributed by atoms with Gasteiger partial charge in [0.25, 0.3) is 5.56 Å². The predicted octanol–water partition coefficient (Wildman–Crippen LogP) is 2.27. The number of benzene rings is 1. The first-order chi connectivity index (χ1) is 14.1. The lowest BCUT2D eigenvalue weighted by molar-refractivity contribution is -0.145. The van der Waals surface area contributed by atoms with Gasteiger partial charge in [0, 0.05) is 19.7 Å². The van der Waals surface area contributed by atoms with Gasteiger partial charge in [-0.05, 0) is 45.0 Å². The molecular formula is C20H21FN4O4S. The molecule has 1 aromatic carbocycles. The van der Waals surface area contributed by atoms with Crippen molar-refractivity contribution in [1.82, 2.24) is 19.1 Å². The van der Waals surface area contributed by atoms with Gasteiger partial charge >= 0.3 is 11.7 Å². The van der Waals surface area contributed by atoms with Gasteiger partial charge in [0.1, 0.15) is 21.0 Å². The molecule has 0 N–H and O–H groups in total. The van der Waals surface area contributed by atoms with E-state index in [9.17, 15) is 18.8 Å². The van der Waals surface area contributed by atoms with Crippen LogP contribution in [0.5, 0.6) is 0 Å². The van der Waals surface area contributed by atoms with E-state index in [-0.39, 0.29) is 28.5 Å². The van der Waals surface area contributed by atoms with Crippen molar-refractivity contribution in [3.63, 3.8) is 0 Å². The molecule has 0 spiro atoms. The van der Waals surface area contributed by atoms with Crippen LogP contribution in [0.25, 0.3) is 22.4 Å². The largest absolute Gasteiger partial charge is 0.465 e. The van der Waals surface area contributed by atoms with Gasteiger partial charge in [-0.15, -0.1) is 0 Å². The number of aromatic nitrogens is 4. The molecule has 2 heterocycles. The number of thioether (sulfide) groups is 1. The monoisotopic (exact) mass is 432 g/mol. The summed E-state index contributed by atoms with van der Waals surface area (Å²) in [5.74, 6) is -0.682. The minimum atomic E-state index is -1.06. The Morgan fingerprint density at radius 1 is 1.13 bits per heavy atom. The zero-order valence-electron chi connectivity index (χ0n) is 17.2. The number of ether oxygens (including phenoxy) is 1. The standard InChI is InChI=1S/C20H21FN4O4S/c1-6-29-18(27)20(2,3)30-16-13-15(24(4)19(28)25(5)17(13)26)22-14(23-16)11-7-9-12(21)10-8-11/h7-10H,6H2,1-5H3. The van der Waals surface area contributed by atoms with Gasteiger partial charge in [0.2, 0.25) is 0 Å². The summed E-state index contributed by atoms with van der Waals surface area (Å²) in [5, 5.41) is 0.349. The maximum Gasteiger partial charge on any atom is 0.332 e. The molecular weight excluding hydrogens is 411 g/mol. The zero-order valence-corrected chi connectivity index (χ0v) is 18.0. The van der Waals surface area contributed by atoms with Crippen molar-refractivity contribution in [3.05, 3.63) is 50.9 Å². The summed E-state index contributed by atoms with van der Waals surface area (Å²) < 4.78 is 19.6. The van der Waals surface area contributed by atoms with E-state index in [1.807, 2.05) is 0 Å². The van der Waals surface area contributed by atoms with E-state index < -0.39 is 27.8 Å². The van der Waals surface area contributed by atoms with Crippen LogP contribution in [0, 0.1) is 5.82 Å². The molecule has 3 aromatic rings. The van der Waals surface area contributed by atoms with Gasteiger partial charge in [-0.25, -0.2) is 19.2 Å². The molecule has 30 heavy (non-hydrogen) atoms. The Morgan fingerprint density at radius 2 is 1.77 bits per heavy atom. The van der Waals surface area contributed by atoms with Crippen molar-refractivity contribution in [3.8, 4) is 11.4 Å². The maximum atomic E-state index is 13.3. The number of hydrogen-bond donors (Lipinski definition) is 0. The van der Waals surface area contributed by atoms with Crippen molar-refractivity contribution >= 4 is 28.8 Å². The van der Waals surface area contributed by atoms with E-state index in [1.54, 1.807) is 20.8 Å². The molecule has 0 radical (unpaired) electrons. The van der Waals surface area contributed by atoms with Crippen LogP contribution in [-0.2, 0) is 23.6 Å². The van der Waals surface area contributed by atoms with Gasteiger partial charge in [0.05, 0.1) is 6.61 Å². The highest BCUT2D eigenvalue weighted by molar-refractivity contribution is 8.01. The van der Waals surface area contributed by atoms with Crippen LogP contribution >= 0.6 is 11.8 Å². The number of esters is 1. The Kier molecular flexibility index (Phi) is 5.80. The van der Waals surface area contributed by atoms with Crippen LogP contribution in [0.3, 0.4) is 0 Å². The summed E-state index contributed by atoms with van der Waals surface area (Å²) in [6.45, 7) is 5.24. The molecule has 10 heteroatoms. The number of fused-ring (bicyclic) bond motifs is 1. The number of carbonyl (C=O) groups excluding carboxylic acids is 1. The Labute approximate surface area is 175 Å². The molecule has 0 bridgehead atoms. The van der Waals surface area contributed by atoms with E-state index in [0.29, 0.717) is 5.56 Å². The number of carbonyl (C=O) groups is 1. The van der Waals surface area contributed by atoms with E-state index in [2.05, 4.69) is 9.97 Å². The van der Waals surface area contributed by atoms with E-state index in [4.69, 9.17) is 4.74 Å². The molecule has 0 atom stereocenters. The van der Waals surface area contributed by atoms with Crippen molar-refractivity contribution in [2.24, 2.45) is 14.1 Å². The third-order valence-electron chi connectivity index (χ3n) is 4.49. The van der Waals surface area contributed by atoms with Gasteiger partial charge < -0.3 is 4.74 Å². The summed E-state index contributed by atoms with van der Waals surface area (Å²) in [4.78, 5) is 46.6. The number of halogens is 1. The second-order valence-electron chi connectivity index (χ2n) is 7.10. The second kappa shape index (κ2) is 8.02. The van der Waals surface area contributed by atoms with Crippen LogP contribution in [0.1, 0.15) is 20.8 Å². The quantitative estimate of drug-likeness (QED) is 0.347. The van der Waals surface area contributed by atoms with Crippen molar-refractivity contribution in [2.45, 2.75) is 30.5 Å². The zero-order chi connectivity index (χ0) is 22.2. The molecule has 2 aromatic heterocycles. The van der Waals surface area contributed by atoms with Crippen LogP contribution in [0.2, 0.25) is 0 Å². The molecule has 0 saturated heterocycles. The average molecular weight is 432 g/mol. The molecule has 0 aliphatic heterocycles. The fraction of sp³-hybridized carbons (Fsp3) is 0.350. The first-order valence-corrected chi connectivity index (χ1v) is 9.98. The molecule has 8 nitrogen and oxygen atoms in total. The second-order valence-corrected chi connectivity index (χ2v) is 8.71. The lowest BCUT2D eigenvalue weighted by atomic mass is 10.2. The highest BCUT2D eigenvalue weighted by Crippen LogP contribution is 2.36. The minimum absolute atomic E-state index is 0.118. The van der Waals surface area contributed by atoms with Crippen LogP contribution < -0.4 is 11.2 Å². The molecule has 158 valence electrons. The summed E-state index contributed by atoms with van der Waals surface area (Å²) in [6, 6.07) is 5.53. The van der Waals surface area contributed by atoms with Crippen molar-refractivity contribution in [2.75, 3.05) is 6.61 Å². The van der Waals surface area contributed by atoms with E-state index >= 15 is 0 Å². The van der Waals surface area contributed by atoms with Crippen LogP contribution in [0.15, 0.2) is 38.9 Å². The molecule has 0 aliphatic carbocycles. The molecule has 0 unspecified atom stereocenters. The summed E-state index contributed by atoms with van der Waals surface area (Å²) in [6.07, 6.45) is 0. The Bertz CT molecular complexity index is 1250. The lowest BCUT2D eigenvalue weighted by Crippen LogP contribution is -2.38. The molecule has 3 rings (SSSR count). The van der Waals surface area contributed by atoms with Crippen LogP contribution in [0.4, 0.5) is 4.39 Å². The summed E-state index contributed by atoms with van der Waals surface area (Å²) >= 11 is 1.04. The maximum absolute atomic E-state index is 13.3. The normalized spacial score (nSPS) is 11.7. The van der Waals surface area contributed by atoms with Gasteiger partial charge in [0.15, 0.2) is 11.5 Å². The van der Waals surface area contributed by atoms with Crippen molar-refractivity contribution in [1.29, 1.82) is 0 Å². The first-order valence-electron chi connectivity index (χ1n) is 9.16. The molecule has 0 saturated carbocycles.